The molecule has 10 heteroatoms. The maximum atomic E-state index is 14.8. The number of rotatable bonds is 2. The summed E-state index contributed by atoms with van der Waals surface area (Å²) in [6.45, 7) is 13.9. The molecular formula is C25H6F5N5. The maximum Gasteiger partial charge on any atom is 0.268 e. The van der Waals surface area contributed by atoms with Gasteiger partial charge in [-0.15, -0.1) is 0 Å². The highest BCUT2D eigenvalue weighted by Crippen LogP contribution is 2.33. The Morgan fingerprint density at radius 1 is 0.800 bits per heavy atom. The van der Waals surface area contributed by atoms with E-state index in [-0.39, 0.29) is 21.6 Å². The van der Waals surface area contributed by atoms with Gasteiger partial charge in [-0.3, -0.25) is 0 Å². The molecule has 0 N–H and O–H groups in total. The van der Waals surface area contributed by atoms with Crippen molar-refractivity contribution in [3.05, 3.63) is 110 Å². The van der Waals surface area contributed by atoms with Gasteiger partial charge in [0.1, 0.15) is 18.0 Å². The zero-order valence-corrected chi connectivity index (χ0v) is 17.1. The molecule has 166 valence electrons. The van der Waals surface area contributed by atoms with Crippen LogP contribution in [0.5, 0.6) is 0 Å². The summed E-state index contributed by atoms with van der Waals surface area (Å²) < 4.78 is 72.0. The van der Waals surface area contributed by atoms with Gasteiger partial charge in [-0.05, 0) is 28.5 Å². The van der Waals surface area contributed by atoms with Crippen molar-refractivity contribution in [1.82, 2.24) is 0 Å². The Morgan fingerprint density at radius 3 is 1.97 bits per heavy atom. The molecule has 0 saturated heterocycles. The third-order valence-electron chi connectivity index (χ3n) is 4.89. The molecule has 0 unspecified atom stereocenters. The first-order chi connectivity index (χ1) is 16.7. The van der Waals surface area contributed by atoms with Crippen molar-refractivity contribution < 1.29 is 22.0 Å². The lowest BCUT2D eigenvalue weighted by Gasteiger charge is -2.11. The van der Waals surface area contributed by atoms with E-state index in [2.05, 4.69) is 9.69 Å². The Bertz CT molecular complexity index is 1710. The van der Waals surface area contributed by atoms with Gasteiger partial charge in [0.05, 0.1) is 35.9 Å². The van der Waals surface area contributed by atoms with E-state index >= 15 is 0 Å². The second kappa shape index (κ2) is 9.55. The summed E-state index contributed by atoms with van der Waals surface area (Å²) in [5.74, 6) is -8.85. The fourth-order valence-electron chi connectivity index (χ4n) is 3.27. The molecule has 0 radical (unpaired) electrons. The van der Waals surface area contributed by atoms with Crippen LogP contribution < -0.4 is 10.4 Å². The van der Waals surface area contributed by atoms with E-state index in [0.717, 1.165) is 30.3 Å². The zero-order chi connectivity index (χ0) is 25.9. The highest BCUT2D eigenvalue weighted by atomic mass is 19.2. The summed E-state index contributed by atoms with van der Waals surface area (Å²) in [5, 5.41) is 27.8. The Kier molecular flexibility index (Phi) is 6.59. The quantitative estimate of drug-likeness (QED) is 0.308. The topological polar surface area (TPSA) is 80.1 Å². The molecule has 0 saturated carbocycles. The summed E-state index contributed by atoms with van der Waals surface area (Å²) in [6.07, 6.45) is 0. The highest BCUT2D eigenvalue weighted by Gasteiger charge is 2.28. The van der Waals surface area contributed by atoms with E-state index in [1.165, 1.54) is 12.1 Å². The number of nitriles is 3. The van der Waals surface area contributed by atoms with Crippen molar-refractivity contribution >= 4 is 17.0 Å². The third kappa shape index (κ3) is 4.03. The van der Waals surface area contributed by atoms with Crippen LogP contribution in [-0.4, -0.2) is 0 Å². The van der Waals surface area contributed by atoms with Gasteiger partial charge in [-0.2, -0.15) is 10.5 Å². The van der Waals surface area contributed by atoms with Gasteiger partial charge >= 0.3 is 0 Å². The predicted octanol–water partition coefficient (Wildman–Crippen LogP) is 4.75. The number of halogens is 5. The van der Waals surface area contributed by atoms with Crippen LogP contribution in [-0.2, 0) is 0 Å². The monoisotopic (exact) mass is 471 g/mol. The second-order valence-electron chi connectivity index (χ2n) is 6.72. The number of benzene rings is 3. The van der Waals surface area contributed by atoms with E-state index in [9.17, 15) is 32.5 Å². The molecule has 0 aliphatic rings. The Hall–Kier alpha value is -5.50. The van der Waals surface area contributed by atoms with Gasteiger partial charge in [0.25, 0.3) is 11.4 Å². The van der Waals surface area contributed by atoms with Crippen molar-refractivity contribution in [3.8, 4) is 29.3 Å². The fraction of sp³-hybridized carbons (Fsp3) is 0. The molecule has 0 amide bonds. The van der Waals surface area contributed by atoms with Crippen LogP contribution >= 0.6 is 0 Å². The number of hydrogen-bond acceptors (Lipinski definition) is 3. The Balaban J connectivity index is 2.63. The molecule has 0 atom stereocenters. The Morgan fingerprint density at radius 2 is 1.46 bits per heavy atom. The second-order valence-corrected chi connectivity index (χ2v) is 6.72. The minimum Gasteiger partial charge on any atom is -0.232 e. The average molecular weight is 471 g/mol. The lowest BCUT2D eigenvalue weighted by Crippen LogP contribution is -2.18. The SMILES string of the molecule is [C-]#[N+]/C(C#N)=c1\cc/c(=C(/C#N)c2c(F)c(F)c([N+]#[C-])c(F)c2F)c(-c2ccc(F)c(C#N)c2)c1. The normalized spacial score (nSPS) is 11.8. The molecule has 0 aliphatic heterocycles. The molecule has 35 heavy (non-hydrogen) atoms. The van der Waals surface area contributed by atoms with Gasteiger partial charge in [0.2, 0.25) is 0 Å². The van der Waals surface area contributed by atoms with E-state index in [4.69, 9.17) is 18.4 Å². The van der Waals surface area contributed by atoms with Gasteiger partial charge in [-0.25, -0.2) is 36.9 Å². The van der Waals surface area contributed by atoms with Gasteiger partial charge in [0, 0.05) is 5.22 Å². The van der Waals surface area contributed by atoms with E-state index in [1.807, 2.05) is 0 Å². The molecule has 0 aromatic heterocycles. The molecule has 3 aromatic carbocycles. The lowest BCUT2D eigenvalue weighted by atomic mass is 9.94. The summed E-state index contributed by atoms with van der Waals surface area (Å²) >= 11 is 0. The summed E-state index contributed by atoms with van der Waals surface area (Å²) in [4.78, 5) is 5.49. The van der Waals surface area contributed by atoms with Crippen LogP contribution in [0.4, 0.5) is 27.6 Å². The fourth-order valence-corrected chi connectivity index (χ4v) is 3.27. The number of nitrogens with zero attached hydrogens (tertiary/aromatic N) is 5. The minimum absolute atomic E-state index is 0.0167. The van der Waals surface area contributed by atoms with Crippen molar-refractivity contribution in [2.45, 2.75) is 0 Å². The highest BCUT2D eigenvalue weighted by molar-refractivity contribution is 5.83. The molecular weight excluding hydrogens is 465 g/mol. The van der Waals surface area contributed by atoms with Crippen molar-refractivity contribution in [2.24, 2.45) is 0 Å². The minimum atomic E-state index is -2.00. The molecule has 0 bridgehead atoms. The van der Waals surface area contributed by atoms with Crippen LogP contribution in [0.25, 0.3) is 32.1 Å². The standard InChI is InChI=1S/C25H6F5N5/c1-34-19(11-33)13-3-5-15(16(8-13)12-4-6-18(26)14(7-12)9-31)17(10-32)20-21(27)23(29)25(35-2)24(30)22(20)28/h3-8H/b17-15+,19-13+. The van der Waals surface area contributed by atoms with Crippen LogP contribution in [0, 0.1) is 76.2 Å². The maximum absolute atomic E-state index is 14.8. The Labute approximate surface area is 194 Å². The van der Waals surface area contributed by atoms with Crippen LogP contribution in [0.15, 0.2) is 36.4 Å². The van der Waals surface area contributed by atoms with Gasteiger partial charge in [0.15, 0.2) is 23.3 Å². The summed E-state index contributed by atoms with van der Waals surface area (Å²) in [5.41, 5.74) is -4.69. The van der Waals surface area contributed by atoms with Crippen LogP contribution in [0.3, 0.4) is 0 Å². The summed E-state index contributed by atoms with van der Waals surface area (Å²) in [6, 6.07) is 11.3. The lowest BCUT2D eigenvalue weighted by molar-refractivity contribution is 0.457. The van der Waals surface area contributed by atoms with Crippen molar-refractivity contribution in [2.75, 3.05) is 0 Å². The smallest absolute Gasteiger partial charge is 0.232 e. The van der Waals surface area contributed by atoms with E-state index < -0.39 is 57.2 Å². The van der Waals surface area contributed by atoms with Crippen LogP contribution in [0.2, 0.25) is 0 Å². The van der Waals surface area contributed by atoms with Gasteiger partial charge in [-0.1, -0.05) is 24.3 Å². The predicted molar refractivity (Wildman–Crippen MR) is 112 cm³/mol. The average Bonchev–Trinajstić information content (AvgIpc) is 2.87. The van der Waals surface area contributed by atoms with Crippen molar-refractivity contribution in [3.63, 3.8) is 0 Å². The zero-order valence-electron chi connectivity index (χ0n) is 17.1. The summed E-state index contributed by atoms with van der Waals surface area (Å²) in [7, 11) is 0. The first kappa shape index (κ1) is 24.1. The van der Waals surface area contributed by atoms with E-state index in [0.29, 0.717) is 0 Å². The first-order valence-corrected chi connectivity index (χ1v) is 9.24. The molecule has 5 nitrogen and oxygen atoms in total. The molecule has 3 rings (SSSR count). The molecule has 0 heterocycles. The molecule has 0 fully saturated rings. The molecule has 0 spiro atoms. The van der Waals surface area contributed by atoms with E-state index in [1.54, 1.807) is 12.1 Å². The largest absolute Gasteiger partial charge is 0.268 e. The third-order valence-corrected chi connectivity index (χ3v) is 4.89. The first-order valence-electron chi connectivity index (χ1n) is 9.24. The molecule has 0 aliphatic carbocycles. The number of hydrogen-bond donors (Lipinski definition) is 0. The molecule has 3 aromatic rings. The van der Waals surface area contributed by atoms with Gasteiger partial charge < -0.3 is 0 Å². The van der Waals surface area contributed by atoms with Crippen molar-refractivity contribution in [1.29, 1.82) is 15.8 Å². The van der Waals surface area contributed by atoms with Crippen LogP contribution in [0.1, 0.15) is 11.1 Å².